The predicted octanol–water partition coefficient (Wildman–Crippen LogP) is 1.28. The van der Waals surface area contributed by atoms with Crippen molar-refractivity contribution in [3.05, 3.63) is 40.1 Å². The van der Waals surface area contributed by atoms with Gasteiger partial charge in [0.1, 0.15) is 18.1 Å². The monoisotopic (exact) mass is 305 g/mol. The number of nitro groups is 1. The summed E-state index contributed by atoms with van der Waals surface area (Å²) in [7, 11) is 0. The fraction of sp³-hybridized carbons (Fsp3) is 0.462. The van der Waals surface area contributed by atoms with Crippen LogP contribution in [0, 0.1) is 17.0 Å². The fourth-order valence-corrected chi connectivity index (χ4v) is 2.22. The number of carbonyl (C=O) groups is 1. The summed E-state index contributed by atoms with van der Waals surface area (Å²) >= 11 is 0. The minimum atomic E-state index is -0.689. The standard InChI is InChI=1S/C13H15N5O4/c1-9-2-5-11(22-9)6-17(10-3-4-10)12(19)7-16-8-14-13(15-16)18(20)21/h2,5,8,10H,3-4,6-7H2,1H3. The first-order valence-electron chi connectivity index (χ1n) is 6.91. The van der Waals surface area contributed by atoms with Crippen molar-refractivity contribution in [2.24, 2.45) is 0 Å². The molecule has 2 aromatic heterocycles. The van der Waals surface area contributed by atoms with Crippen LogP contribution in [0.5, 0.6) is 0 Å². The average molecular weight is 305 g/mol. The number of aryl methyl sites for hydroxylation is 1. The Kier molecular flexibility index (Phi) is 3.61. The van der Waals surface area contributed by atoms with Gasteiger partial charge < -0.3 is 19.4 Å². The SMILES string of the molecule is Cc1ccc(CN(C(=O)Cn2cnc([N+](=O)[O-])n2)C2CC2)o1. The maximum atomic E-state index is 12.4. The van der Waals surface area contributed by atoms with Crippen LogP contribution in [0.1, 0.15) is 24.4 Å². The van der Waals surface area contributed by atoms with Crippen molar-refractivity contribution >= 4 is 11.9 Å². The van der Waals surface area contributed by atoms with Gasteiger partial charge in [0.15, 0.2) is 0 Å². The van der Waals surface area contributed by atoms with Crippen molar-refractivity contribution in [2.75, 3.05) is 0 Å². The maximum Gasteiger partial charge on any atom is 0.490 e. The van der Waals surface area contributed by atoms with Gasteiger partial charge in [-0.2, -0.15) is 4.68 Å². The van der Waals surface area contributed by atoms with E-state index in [0.29, 0.717) is 6.54 Å². The molecule has 1 amide bonds. The molecule has 2 aromatic rings. The molecule has 3 rings (SSSR count). The van der Waals surface area contributed by atoms with Gasteiger partial charge in [0.05, 0.1) is 6.54 Å². The van der Waals surface area contributed by atoms with Gasteiger partial charge in [-0.3, -0.25) is 4.79 Å². The smallest absolute Gasteiger partial charge is 0.464 e. The van der Waals surface area contributed by atoms with Crippen molar-refractivity contribution in [3.63, 3.8) is 0 Å². The first-order valence-corrected chi connectivity index (χ1v) is 6.91. The van der Waals surface area contributed by atoms with E-state index in [1.165, 1.54) is 11.0 Å². The number of furan rings is 1. The second-order valence-corrected chi connectivity index (χ2v) is 5.26. The predicted molar refractivity (Wildman–Crippen MR) is 73.7 cm³/mol. The zero-order chi connectivity index (χ0) is 15.7. The van der Waals surface area contributed by atoms with E-state index in [9.17, 15) is 14.9 Å². The average Bonchev–Trinajstić information content (AvgIpc) is 3.05. The summed E-state index contributed by atoms with van der Waals surface area (Å²) in [5, 5.41) is 14.2. The van der Waals surface area contributed by atoms with Crippen LogP contribution in [-0.2, 0) is 17.9 Å². The van der Waals surface area contributed by atoms with E-state index in [0.717, 1.165) is 24.4 Å². The molecular formula is C13H15N5O4. The highest BCUT2D eigenvalue weighted by Crippen LogP contribution is 2.29. The molecule has 9 heteroatoms. The zero-order valence-corrected chi connectivity index (χ0v) is 12.0. The van der Waals surface area contributed by atoms with Crippen molar-refractivity contribution in [1.82, 2.24) is 19.7 Å². The van der Waals surface area contributed by atoms with Gasteiger partial charge in [-0.15, -0.1) is 0 Å². The number of nitrogens with zero attached hydrogens (tertiary/aromatic N) is 5. The Labute approximate surface area is 125 Å². The molecule has 0 atom stereocenters. The molecule has 9 nitrogen and oxygen atoms in total. The molecule has 0 aromatic carbocycles. The third-order valence-corrected chi connectivity index (χ3v) is 3.42. The molecule has 2 heterocycles. The van der Waals surface area contributed by atoms with Crippen molar-refractivity contribution in [2.45, 2.75) is 38.9 Å². The number of carbonyl (C=O) groups excluding carboxylic acids is 1. The molecule has 0 bridgehead atoms. The van der Waals surface area contributed by atoms with E-state index in [1.807, 2.05) is 19.1 Å². The first kappa shape index (κ1) is 14.2. The fourth-order valence-electron chi connectivity index (χ4n) is 2.22. The zero-order valence-electron chi connectivity index (χ0n) is 12.0. The molecule has 1 saturated carbocycles. The topological polar surface area (TPSA) is 107 Å². The van der Waals surface area contributed by atoms with Crippen molar-refractivity contribution in [1.29, 1.82) is 0 Å². The van der Waals surface area contributed by atoms with Gasteiger partial charge in [0, 0.05) is 11.1 Å². The second-order valence-electron chi connectivity index (χ2n) is 5.26. The second kappa shape index (κ2) is 5.58. The Morgan fingerprint density at radius 3 is 2.86 bits per heavy atom. The van der Waals surface area contributed by atoms with E-state index < -0.39 is 10.9 Å². The van der Waals surface area contributed by atoms with Crippen LogP contribution in [0.25, 0.3) is 0 Å². The van der Waals surface area contributed by atoms with Gasteiger partial charge in [0.25, 0.3) is 0 Å². The summed E-state index contributed by atoms with van der Waals surface area (Å²) in [5.74, 6) is 0.858. The molecule has 0 aliphatic heterocycles. The number of hydrogen-bond acceptors (Lipinski definition) is 6. The maximum absolute atomic E-state index is 12.4. The Hall–Kier alpha value is -2.71. The lowest BCUT2D eigenvalue weighted by molar-refractivity contribution is -0.394. The molecule has 22 heavy (non-hydrogen) atoms. The highest BCUT2D eigenvalue weighted by atomic mass is 16.6. The molecule has 116 valence electrons. The van der Waals surface area contributed by atoms with E-state index in [-0.39, 0.29) is 18.5 Å². The molecule has 0 spiro atoms. The highest BCUT2D eigenvalue weighted by Gasteiger charge is 2.33. The third kappa shape index (κ3) is 3.13. The largest absolute Gasteiger partial charge is 0.490 e. The van der Waals surface area contributed by atoms with E-state index >= 15 is 0 Å². The highest BCUT2D eigenvalue weighted by molar-refractivity contribution is 5.76. The lowest BCUT2D eigenvalue weighted by Crippen LogP contribution is -2.35. The minimum Gasteiger partial charge on any atom is -0.464 e. The molecule has 0 saturated heterocycles. The van der Waals surface area contributed by atoms with Crippen LogP contribution in [0.3, 0.4) is 0 Å². The summed E-state index contributed by atoms with van der Waals surface area (Å²) in [6, 6.07) is 3.90. The van der Waals surface area contributed by atoms with Crippen molar-refractivity contribution < 1.29 is 14.1 Å². The summed E-state index contributed by atoms with van der Waals surface area (Å²) in [4.78, 5) is 27.5. The van der Waals surface area contributed by atoms with Crippen LogP contribution in [0.2, 0.25) is 0 Å². The van der Waals surface area contributed by atoms with Gasteiger partial charge in [-0.1, -0.05) is 4.98 Å². The summed E-state index contributed by atoms with van der Waals surface area (Å²) in [6.45, 7) is 2.17. The first-order chi connectivity index (χ1) is 10.5. The normalized spacial score (nSPS) is 14.0. The number of aromatic nitrogens is 3. The molecule has 0 N–H and O–H groups in total. The molecule has 0 radical (unpaired) electrons. The minimum absolute atomic E-state index is 0.0724. The molecule has 1 aliphatic carbocycles. The van der Waals surface area contributed by atoms with Crippen LogP contribution >= 0.6 is 0 Å². The Balaban J connectivity index is 1.68. The molecule has 1 fully saturated rings. The van der Waals surface area contributed by atoms with E-state index in [2.05, 4.69) is 10.1 Å². The van der Waals surface area contributed by atoms with Gasteiger partial charge in [-0.05, 0) is 36.8 Å². The quantitative estimate of drug-likeness (QED) is 0.587. The molecule has 1 aliphatic rings. The number of rotatable bonds is 6. The number of hydrogen-bond donors (Lipinski definition) is 0. The lowest BCUT2D eigenvalue weighted by Gasteiger charge is -2.20. The van der Waals surface area contributed by atoms with Crippen LogP contribution in [0.4, 0.5) is 5.95 Å². The van der Waals surface area contributed by atoms with Crippen LogP contribution in [-0.4, -0.2) is 36.5 Å². The Bertz CT molecular complexity index is 703. The molecular weight excluding hydrogens is 290 g/mol. The summed E-state index contributed by atoms with van der Waals surface area (Å²) < 4.78 is 6.69. The van der Waals surface area contributed by atoms with Crippen molar-refractivity contribution in [3.8, 4) is 0 Å². The van der Waals surface area contributed by atoms with Crippen LogP contribution < -0.4 is 0 Å². The van der Waals surface area contributed by atoms with Gasteiger partial charge in [0.2, 0.25) is 12.2 Å². The summed E-state index contributed by atoms with van der Waals surface area (Å²) in [6.07, 6.45) is 3.12. The third-order valence-electron chi connectivity index (χ3n) is 3.42. The Morgan fingerprint density at radius 2 is 2.32 bits per heavy atom. The number of amides is 1. The van der Waals surface area contributed by atoms with Gasteiger partial charge in [-0.25, -0.2) is 0 Å². The van der Waals surface area contributed by atoms with E-state index in [4.69, 9.17) is 4.42 Å². The lowest BCUT2D eigenvalue weighted by atomic mass is 10.3. The van der Waals surface area contributed by atoms with Gasteiger partial charge >= 0.3 is 5.95 Å². The molecule has 0 unspecified atom stereocenters. The van der Waals surface area contributed by atoms with E-state index in [1.54, 1.807) is 4.90 Å². The van der Waals surface area contributed by atoms with Crippen LogP contribution in [0.15, 0.2) is 22.9 Å². The Morgan fingerprint density at radius 1 is 1.55 bits per heavy atom. The summed E-state index contributed by atoms with van der Waals surface area (Å²) in [5.41, 5.74) is 0.